The van der Waals surface area contributed by atoms with Crippen LogP contribution in [0.1, 0.15) is 38.4 Å². The maximum absolute atomic E-state index is 10.00. The lowest BCUT2D eigenvalue weighted by atomic mass is 10.0. The van der Waals surface area contributed by atoms with Gasteiger partial charge in [-0.1, -0.05) is 21.1 Å². The third kappa shape index (κ3) is 2.70. The summed E-state index contributed by atoms with van der Waals surface area (Å²) >= 11 is 3.31. The number of hydrogen-bond donors (Lipinski definition) is 1. The number of halogens is 1. The average molecular weight is 353 g/mol. The number of ether oxygens (including phenoxy) is 1. The Hall–Kier alpha value is -1.40. The summed E-state index contributed by atoms with van der Waals surface area (Å²) in [6.45, 7) is 2.59. The van der Waals surface area contributed by atoms with Crippen LogP contribution in [0.5, 0.6) is 5.75 Å². The fourth-order valence-electron chi connectivity index (χ4n) is 2.86. The first kappa shape index (κ1) is 14.5. The third-order valence-corrected chi connectivity index (χ3v) is 4.35. The van der Waals surface area contributed by atoms with Crippen LogP contribution in [0, 0.1) is 0 Å². The summed E-state index contributed by atoms with van der Waals surface area (Å²) in [6.07, 6.45) is 4.03. The number of phenols is 1. The van der Waals surface area contributed by atoms with Crippen molar-refractivity contribution in [3.63, 3.8) is 0 Å². The van der Waals surface area contributed by atoms with Crippen molar-refractivity contribution < 1.29 is 14.4 Å². The molecule has 0 radical (unpaired) electrons. The van der Waals surface area contributed by atoms with E-state index in [1.807, 2.05) is 13.0 Å². The van der Waals surface area contributed by atoms with E-state index < -0.39 is 5.60 Å². The maximum atomic E-state index is 10.00. The molecule has 1 N–H and O–H groups in total. The molecule has 6 heteroatoms. The minimum atomic E-state index is -0.429. The van der Waals surface area contributed by atoms with Crippen molar-refractivity contribution in [1.82, 2.24) is 10.1 Å². The first-order valence-corrected chi connectivity index (χ1v) is 7.91. The molecule has 1 aliphatic rings. The predicted octanol–water partition coefficient (Wildman–Crippen LogP) is 4.01. The van der Waals surface area contributed by atoms with Gasteiger partial charge in [0.15, 0.2) is 0 Å². The highest BCUT2D eigenvalue weighted by Crippen LogP contribution is 2.41. The summed E-state index contributed by atoms with van der Waals surface area (Å²) in [5, 5.41) is 14.1. The van der Waals surface area contributed by atoms with Gasteiger partial charge in [-0.25, -0.2) is 0 Å². The quantitative estimate of drug-likeness (QED) is 0.900. The number of aromatic hydroxyl groups is 1. The Kier molecular flexibility index (Phi) is 3.99. The Labute approximate surface area is 131 Å². The lowest BCUT2D eigenvalue weighted by Crippen LogP contribution is -2.27. The summed E-state index contributed by atoms with van der Waals surface area (Å²) in [7, 11) is 0. The van der Waals surface area contributed by atoms with Crippen LogP contribution >= 0.6 is 15.9 Å². The molecular weight excluding hydrogens is 336 g/mol. The number of phenolic OH excluding ortho intramolecular Hbond substituents is 1. The largest absolute Gasteiger partial charge is 0.507 e. The Balaban J connectivity index is 1.95. The summed E-state index contributed by atoms with van der Waals surface area (Å²) < 4.78 is 12.1. The third-order valence-electron chi connectivity index (χ3n) is 3.86. The van der Waals surface area contributed by atoms with Gasteiger partial charge < -0.3 is 14.4 Å². The van der Waals surface area contributed by atoms with Crippen LogP contribution in [0.15, 0.2) is 27.2 Å². The zero-order valence-electron chi connectivity index (χ0n) is 11.8. The molecule has 0 unspecified atom stereocenters. The van der Waals surface area contributed by atoms with Crippen LogP contribution in [0.25, 0.3) is 11.5 Å². The molecular formula is C15H17BrN2O3. The van der Waals surface area contributed by atoms with E-state index in [0.717, 1.165) is 30.2 Å². The molecule has 112 valence electrons. The highest BCUT2D eigenvalue weighted by molar-refractivity contribution is 9.10. The molecule has 0 atom stereocenters. The molecule has 21 heavy (non-hydrogen) atoms. The van der Waals surface area contributed by atoms with Crippen LogP contribution in [-0.4, -0.2) is 21.9 Å². The van der Waals surface area contributed by atoms with Gasteiger partial charge in [0.05, 0.1) is 5.56 Å². The van der Waals surface area contributed by atoms with Crippen LogP contribution in [0.3, 0.4) is 0 Å². The minimum Gasteiger partial charge on any atom is -0.507 e. The molecule has 0 aliphatic heterocycles. The van der Waals surface area contributed by atoms with E-state index in [1.165, 1.54) is 0 Å². The van der Waals surface area contributed by atoms with Crippen molar-refractivity contribution in [2.24, 2.45) is 0 Å². The first-order valence-electron chi connectivity index (χ1n) is 7.12. The fraction of sp³-hybridized carbons (Fsp3) is 0.467. The molecule has 0 saturated heterocycles. The summed E-state index contributed by atoms with van der Waals surface area (Å²) in [4.78, 5) is 4.47. The summed E-state index contributed by atoms with van der Waals surface area (Å²) in [6, 6.07) is 5.18. The molecule has 0 bridgehead atoms. The Bertz CT molecular complexity index is 636. The van der Waals surface area contributed by atoms with Crippen molar-refractivity contribution in [2.45, 2.75) is 38.2 Å². The van der Waals surface area contributed by atoms with Gasteiger partial charge in [-0.3, -0.25) is 0 Å². The van der Waals surface area contributed by atoms with Crippen LogP contribution in [0.2, 0.25) is 0 Å². The standard InChI is InChI=1S/C15H17BrN2O3/c1-2-20-15(7-3-4-8-15)14-17-13(21-18-14)11-6-5-10(16)9-12(11)19/h5-6,9,19H,2-4,7-8H2,1H3. The summed E-state index contributed by atoms with van der Waals surface area (Å²) in [5.41, 5.74) is 0.100. The number of nitrogens with zero attached hydrogens (tertiary/aromatic N) is 2. The lowest BCUT2D eigenvalue weighted by Gasteiger charge is -2.24. The van der Waals surface area contributed by atoms with E-state index in [1.54, 1.807) is 12.1 Å². The fourth-order valence-corrected chi connectivity index (χ4v) is 3.21. The molecule has 5 nitrogen and oxygen atoms in total. The molecule has 1 aliphatic carbocycles. The average Bonchev–Trinajstić information content (AvgIpc) is 3.08. The van der Waals surface area contributed by atoms with E-state index in [-0.39, 0.29) is 5.75 Å². The molecule has 2 aromatic rings. The maximum Gasteiger partial charge on any atom is 0.261 e. The second-order valence-electron chi connectivity index (χ2n) is 5.22. The Morgan fingerprint density at radius 1 is 1.38 bits per heavy atom. The van der Waals surface area contributed by atoms with Crippen molar-refractivity contribution >= 4 is 15.9 Å². The van der Waals surface area contributed by atoms with Gasteiger partial charge in [0.2, 0.25) is 5.82 Å². The SMILES string of the molecule is CCOC1(c2noc(-c3ccc(Br)cc3O)n2)CCCC1. The Morgan fingerprint density at radius 3 is 2.81 bits per heavy atom. The van der Waals surface area contributed by atoms with Gasteiger partial charge in [0.1, 0.15) is 11.4 Å². The van der Waals surface area contributed by atoms with E-state index in [2.05, 4.69) is 26.1 Å². The van der Waals surface area contributed by atoms with Gasteiger partial charge in [-0.15, -0.1) is 0 Å². The van der Waals surface area contributed by atoms with Gasteiger partial charge >= 0.3 is 0 Å². The van der Waals surface area contributed by atoms with Crippen molar-refractivity contribution in [3.8, 4) is 17.2 Å². The van der Waals surface area contributed by atoms with E-state index in [0.29, 0.717) is 23.9 Å². The zero-order chi connectivity index (χ0) is 14.9. The summed E-state index contributed by atoms with van der Waals surface area (Å²) in [5.74, 6) is 1.01. The normalized spacial score (nSPS) is 17.2. The predicted molar refractivity (Wildman–Crippen MR) is 80.9 cm³/mol. The van der Waals surface area contributed by atoms with Crippen molar-refractivity contribution in [3.05, 3.63) is 28.5 Å². The second kappa shape index (κ2) is 5.77. The smallest absolute Gasteiger partial charge is 0.261 e. The second-order valence-corrected chi connectivity index (χ2v) is 6.13. The molecule has 0 amide bonds. The molecule has 0 spiro atoms. The van der Waals surface area contributed by atoms with E-state index >= 15 is 0 Å². The van der Waals surface area contributed by atoms with Gasteiger partial charge in [0, 0.05) is 11.1 Å². The highest BCUT2D eigenvalue weighted by Gasteiger charge is 2.41. The van der Waals surface area contributed by atoms with Crippen molar-refractivity contribution in [1.29, 1.82) is 0 Å². The number of aromatic nitrogens is 2. The molecule has 1 fully saturated rings. The highest BCUT2D eigenvalue weighted by atomic mass is 79.9. The van der Waals surface area contributed by atoms with Gasteiger partial charge in [-0.05, 0) is 50.8 Å². The minimum absolute atomic E-state index is 0.108. The van der Waals surface area contributed by atoms with Crippen LogP contribution < -0.4 is 0 Å². The number of hydrogen-bond acceptors (Lipinski definition) is 5. The van der Waals surface area contributed by atoms with Crippen molar-refractivity contribution in [2.75, 3.05) is 6.61 Å². The zero-order valence-corrected chi connectivity index (χ0v) is 13.4. The van der Waals surface area contributed by atoms with E-state index in [4.69, 9.17) is 9.26 Å². The Morgan fingerprint density at radius 2 is 2.14 bits per heavy atom. The van der Waals surface area contributed by atoms with Gasteiger partial charge in [0.25, 0.3) is 5.89 Å². The molecule has 3 rings (SSSR count). The van der Waals surface area contributed by atoms with Crippen LogP contribution in [0.4, 0.5) is 0 Å². The number of rotatable bonds is 4. The number of benzene rings is 1. The van der Waals surface area contributed by atoms with E-state index in [9.17, 15) is 5.11 Å². The monoisotopic (exact) mass is 352 g/mol. The molecule has 1 aromatic heterocycles. The lowest BCUT2D eigenvalue weighted by molar-refractivity contribution is -0.0469. The molecule has 1 heterocycles. The van der Waals surface area contributed by atoms with Crippen LogP contribution in [-0.2, 0) is 10.3 Å². The topological polar surface area (TPSA) is 68.4 Å². The molecule has 1 aromatic carbocycles. The molecule has 1 saturated carbocycles. The first-order chi connectivity index (χ1) is 10.1. The van der Waals surface area contributed by atoms with Gasteiger partial charge in [-0.2, -0.15) is 4.98 Å².